The Morgan fingerprint density at radius 3 is 1.64 bits per heavy atom. The van der Waals surface area contributed by atoms with Gasteiger partial charge in [0.25, 0.3) is 0 Å². The van der Waals surface area contributed by atoms with E-state index in [2.05, 4.69) is 95.9 Å². The van der Waals surface area contributed by atoms with Crippen LogP contribution < -0.4 is 37.2 Å². The van der Waals surface area contributed by atoms with E-state index < -0.39 is 54.7 Å². The molecule has 0 saturated carbocycles. The quantitative estimate of drug-likeness (QED) is 0.00646. The molecule has 9 atom stereocenters. The lowest BCUT2D eigenvalue weighted by atomic mass is 10.0. The molecule has 0 aromatic heterocycles. The number of fused-ring (bicyclic) bond motifs is 1. The third-order valence-corrected chi connectivity index (χ3v) is 18.1. The van der Waals surface area contributed by atoms with E-state index in [-0.39, 0.29) is 66.9 Å². The normalized spacial score (nSPS) is 23.9. The fourth-order valence-electron chi connectivity index (χ4n) is 11.2. The zero-order valence-electron chi connectivity index (χ0n) is 66.8. The standard InChI is InChI=1S/C13H21NO4.C12H18N2O2.C11H17NO2.C9H12ClNO4.C8H13NO3.C8H13NO2.C7H11ClN4O2.C7H10N4O2/c1-3-4-5-6-7-11-12(18-10(2)15)8-9-17-13(16)14-11;1-3-4-5-6-7-11-10(13-2)8-9-16-12(15)14-11;1-2-3-4-5-6-9-10-7-8-14-11(13)12(9)10;1-2-6-7(15-8(12)5-10)3-4-14-9(13)11-6;1-3-6-7(11-2)4-5-12-8(10)9-6;1-3-7-6(2)4-5-11-8(10)9-7;1-4(11-12-9)6-5(8)2-3-14-7(13)10-6;1-5(10-11-8)6-3-2-4-13-7(12)9-6/h7,12H,3-6,8-9H2,1-2H3,(H,14,16);3-9H2,1H3,(H,14,15);6,10H,2-5,7-8H2,1H3;2,7H,3-5H2,1H3,(H,11,13);3,7H,4-5H2,1-2H3,(H,9,10);3,6H,4-5H2,1-2H3,(H,9,10);4-6H,2-3H2,1H3,(H,10,13);3,5H,2,4H2,1H3,(H,9,12)/b11-7+;;9-6+;6-2+;6-3+;7-3+;;. The first-order valence-corrected chi connectivity index (χ1v) is 39.2. The van der Waals surface area contributed by atoms with Gasteiger partial charge in [0.1, 0.15) is 18.1 Å². The maximum atomic E-state index is 11.3. The monoisotopic (exact) mass is 1630 g/mol. The molecule has 7 saturated heterocycles. The first-order chi connectivity index (χ1) is 54.3. The van der Waals surface area contributed by atoms with Gasteiger partial charge in [-0.05, 0) is 89.1 Å². The number of nitrogens with one attached hydrogen (secondary N) is 7. The van der Waals surface area contributed by atoms with Crippen molar-refractivity contribution >= 4 is 83.9 Å². The van der Waals surface area contributed by atoms with Crippen molar-refractivity contribution in [1.82, 2.24) is 42.1 Å². The number of carbonyl (C=O) groups excluding carboxylic acids is 10. The number of rotatable bonds is 21. The summed E-state index contributed by atoms with van der Waals surface area (Å²) >= 11 is 11.3. The number of methoxy groups -OCH3 is 1. The van der Waals surface area contributed by atoms with Crippen LogP contribution in [-0.2, 0) is 61.7 Å². The second kappa shape index (κ2) is 58.8. The third-order valence-electron chi connectivity index (χ3n) is 17.4. The molecule has 0 aromatic rings. The van der Waals surface area contributed by atoms with Gasteiger partial charge in [-0.2, -0.15) is 0 Å². The fourth-order valence-corrected chi connectivity index (χ4v) is 11.6. The lowest BCUT2D eigenvalue weighted by Gasteiger charge is -2.22. The molecule has 630 valence electrons. The number of unbranched alkanes of at least 4 members (excludes halogenated alkanes) is 9. The van der Waals surface area contributed by atoms with Crippen LogP contribution in [0.25, 0.3) is 25.7 Å². The maximum absolute atomic E-state index is 11.3. The van der Waals surface area contributed by atoms with E-state index in [4.69, 9.17) is 92.9 Å². The van der Waals surface area contributed by atoms with Gasteiger partial charge >= 0.3 is 60.7 Å². The van der Waals surface area contributed by atoms with Crippen LogP contribution in [0.2, 0.25) is 0 Å². The fraction of sp³-hybridized carbons (Fsp3) is 0.667. The summed E-state index contributed by atoms with van der Waals surface area (Å²) in [6.07, 6.45) is 26.6. The molecule has 9 heterocycles. The molecule has 0 bridgehead atoms. The summed E-state index contributed by atoms with van der Waals surface area (Å²) in [7, 11) is 1.62. The smallest absolute Gasteiger partial charge is 0.414 e. The number of hydrogen-bond acceptors (Lipinski definition) is 23. The van der Waals surface area contributed by atoms with Gasteiger partial charge in [-0.1, -0.05) is 133 Å². The van der Waals surface area contributed by atoms with Crippen LogP contribution in [-0.4, -0.2) is 179 Å². The maximum Gasteiger partial charge on any atom is 0.414 e. The summed E-state index contributed by atoms with van der Waals surface area (Å²) in [5.74, 6) is -0.679. The van der Waals surface area contributed by atoms with E-state index in [1.807, 2.05) is 32.1 Å². The highest BCUT2D eigenvalue weighted by atomic mass is 35.5. The Bertz CT molecular complexity index is 3440. The SMILES string of the molecule is C/C=C1/NC(=O)OCCC1C.C/C=C1/NC(=O)OCCC1OC.C/C=C1/NC(=O)OCCC1OC(=O)CCl.CC(N=[N+]=[N-])C1=CCCOC(=O)N1.CC(N=[N+]=[N-])C1NC(=O)OCCC1Cl.CCCCC/C=C1/NC(=O)OCCC1OC(C)=O.CCCCC/C=C1\C2CCOC(=O)N12.[C-]#[N+]C1=C(CCCCCC)NC(=O)OCC1. The average Bonchev–Trinajstić information content (AvgIpc) is 1.60. The predicted molar refractivity (Wildman–Crippen MR) is 418 cm³/mol. The molecule has 9 unspecified atom stereocenters. The Morgan fingerprint density at radius 1 is 0.602 bits per heavy atom. The van der Waals surface area contributed by atoms with Gasteiger partial charge in [-0.3, -0.25) is 41.1 Å². The van der Waals surface area contributed by atoms with E-state index in [0.717, 1.165) is 81.3 Å². The van der Waals surface area contributed by atoms with Crippen LogP contribution in [0.5, 0.6) is 0 Å². The molecular formula is C75H115Cl2N15O21. The summed E-state index contributed by atoms with van der Waals surface area (Å²) in [6.45, 7) is 28.9. The highest BCUT2D eigenvalue weighted by Gasteiger charge is 2.48. The lowest BCUT2D eigenvalue weighted by Crippen LogP contribution is -2.45. The van der Waals surface area contributed by atoms with Crippen molar-refractivity contribution in [3.63, 3.8) is 0 Å². The van der Waals surface area contributed by atoms with Crippen LogP contribution in [0.3, 0.4) is 0 Å². The van der Waals surface area contributed by atoms with E-state index in [1.54, 1.807) is 44.9 Å². The minimum absolute atomic E-state index is 0.0542. The zero-order chi connectivity index (χ0) is 83.9. The molecule has 0 radical (unpaired) electrons. The van der Waals surface area contributed by atoms with Crippen LogP contribution in [0.1, 0.15) is 204 Å². The number of halogens is 2. The molecule has 113 heavy (non-hydrogen) atoms. The third kappa shape index (κ3) is 41.3. The van der Waals surface area contributed by atoms with Gasteiger partial charge in [0.05, 0.1) is 106 Å². The number of azide groups is 2. The second-order valence-corrected chi connectivity index (χ2v) is 26.7. The number of cyclic esters (lactones) is 8. The van der Waals surface area contributed by atoms with Crippen LogP contribution in [0.15, 0.2) is 92.3 Å². The average molecular weight is 1630 g/mol. The number of alkyl halides is 2. The molecule has 9 aliphatic rings. The van der Waals surface area contributed by atoms with Crippen molar-refractivity contribution < 1.29 is 100 Å². The summed E-state index contributed by atoms with van der Waals surface area (Å²) in [6, 6.07) is -0.732. The molecule has 7 fully saturated rings. The molecule has 9 aliphatic heterocycles. The van der Waals surface area contributed by atoms with E-state index in [1.165, 1.54) is 44.7 Å². The molecule has 0 aliphatic carbocycles. The largest absolute Gasteiger partial charge is 0.456 e. The van der Waals surface area contributed by atoms with Gasteiger partial charge in [-0.15, -0.1) is 23.2 Å². The van der Waals surface area contributed by atoms with Gasteiger partial charge in [0.15, 0.2) is 5.70 Å². The molecule has 0 spiro atoms. The van der Waals surface area contributed by atoms with Crippen molar-refractivity contribution in [3.05, 3.63) is 114 Å². The molecule has 36 nitrogen and oxygen atoms in total. The molecular weight excluding hydrogens is 1520 g/mol. The summed E-state index contributed by atoms with van der Waals surface area (Å²) in [5.41, 5.74) is 22.6. The summed E-state index contributed by atoms with van der Waals surface area (Å²) in [5, 5.41) is 24.8. The lowest BCUT2D eigenvalue weighted by molar-refractivity contribution is -0.145. The minimum atomic E-state index is -0.535. The van der Waals surface area contributed by atoms with Crippen molar-refractivity contribution in [3.8, 4) is 0 Å². The van der Waals surface area contributed by atoms with Gasteiger partial charge in [-0.25, -0.2) is 43.2 Å². The molecule has 38 heteroatoms. The molecule has 9 rings (SSSR count). The number of hydrogen-bond donors (Lipinski definition) is 7. The van der Waals surface area contributed by atoms with Gasteiger partial charge in [0, 0.05) is 90.9 Å². The number of ether oxygens (including phenoxy) is 11. The van der Waals surface area contributed by atoms with Crippen molar-refractivity contribution in [2.75, 3.05) is 65.8 Å². The number of carbonyl (C=O) groups is 10. The topological polar surface area (TPSA) is 461 Å². The second-order valence-electron chi connectivity index (χ2n) is 25.8. The predicted octanol–water partition coefficient (Wildman–Crippen LogP) is 15.8. The van der Waals surface area contributed by atoms with Gasteiger partial charge in [0.2, 0.25) is 0 Å². The minimum Gasteiger partial charge on any atom is -0.456 e. The number of amides is 8. The highest BCUT2D eigenvalue weighted by molar-refractivity contribution is 6.26. The molecule has 8 amide bonds. The van der Waals surface area contributed by atoms with E-state index in [0.29, 0.717) is 113 Å². The van der Waals surface area contributed by atoms with Crippen molar-refractivity contribution in [2.45, 2.75) is 252 Å². The van der Waals surface area contributed by atoms with Crippen molar-refractivity contribution in [1.29, 1.82) is 0 Å². The molecule has 0 aromatic carbocycles. The molecule has 7 N–H and O–H groups in total. The van der Waals surface area contributed by atoms with E-state index in [9.17, 15) is 47.9 Å². The first-order valence-electron chi connectivity index (χ1n) is 38.2. The van der Waals surface area contributed by atoms with Crippen LogP contribution >= 0.6 is 23.2 Å². The van der Waals surface area contributed by atoms with Crippen molar-refractivity contribution in [2.24, 2.45) is 16.1 Å². The Kier molecular flexibility index (Phi) is 51.5. The first kappa shape index (κ1) is 99.0. The Balaban J connectivity index is 0.000000440. The highest BCUT2D eigenvalue weighted by Crippen LogP contribution is 2.39. The van der Waals surface area contributed by atoms with E-state index >= 15 is 0 Å². The zero-order valence-corrected chi connectivity index (χ0v) is 68.3. The number of alkyl carbamates (subject to hydrolysis) is 7. The summed E-state index contributed by atoms with van der Waals surface area (Å²) < 4.78 is 53.9. The Morgan fingerprint density at radius 2 is 1.09 bits per heavy atom. The number of esters is 2. The van der Waals surface area contributed by atoms with Gasteiger partial charge < -0.3 is 62.7 Å². The Labute approximate surface area is 671 Å². The number of allylic oxidation sites excluding steroid dienone is 7. The van der Waals surface area contributed by atoms with Crippen LogP contribution in [0.4, 0.5) is 38.4 Å². The van der Waals surface area contributed by atoms with Crippen LogP contribution in [0, 0.1) is 12.5 Å². The Hall–Kier alpha value is -10.1. The summed E-state index contributed by atoms with van der Waals surface area (Å²) in [4.78, 5) is 121. The number of nitrogens with zero attached hydrogens (tertiary/aromatic N) is 8.